The van der Waals surface area contributed by atoms with Gasteiger partial charge in [-0.1, -0.05) is 48.5 Å². The highest BCUT2D eigenvalue weighted by atomic mass is 35.5. The number of carbonyl (C=O) groups excluding carboxylic acids is 1. The summed E-state index contributed by atoms with van der Waals surface area (Å²) in [5.41, 5.74) is 9.55. The van der Waals surface area contributed by atoms with Gasteiger partial charge >= 0.3 is 0 Å². The van der Waals surface area contributed by atoms with Crippen molar-refractivity contribution in [3.05, 3.63) is 71.9 Å². The van der Waals surface area contributed by atoms with Crippen molar-refractivity contribution in [3.63, 3.8) is 0 Å². The molecule has 1 heterocycles. The molecule has 1 amide bonds. The number of rotatable bonds is 6. The Hall–Kier alpha value is -2.30. The molecule has 1 atom stereocenters. The predicted molar refractivity (Wildman–Crippen MR) is 105 cm³/mol. The third-order valence-corrected chi connectivity index (χ3v) is 4.39. The molecule has 0 aliphatic heterocycles. The molecule has 0 unspecified atom stereocenters. The summed E-state index contributed by atoms with van der Waals surface area (Å²) in [4.78, 5) is 17.5. The van der Waals surface area contributed by atoms with Crippen LogP contribution in [-0.4, -0.2) is 35.4 Å². The molecule has 0 radical (unpaired) electrons. The number of aromatic nitrogens is 1. The van der Waals surface area contributed by atoms with Gasteiger partial charge in [-0.05, 0) is 30.0 Å². The van der Waals surface area contributed by atoms with Gasteiger partial charge in [0.1, 0.15) is 0 Å². The topological polar surface area (TPSA) is 62.1 Å². The third-order valence-electron chi connectivity index (χ3n) is 4.39. The minimum Gasteiger partial charge on any atom is -0.361 e. The van der Waals surface area contributed by atoms with Gasteiger partial charge in [-0.3, -0.25) is 4.79 Å². The zero-order chi connectivity index (χ0) is 16.9. The average Bonchev–Trinajstić information content (AvgIpc) is 3.03. The lowest BCUT2D eigenvalue weighted by molar-refractivity contribution is -0.131. The molecule has 132 valence electrons. The molecule has 0 bridgehead atoms. The molecular formula is C20H24ClN3O. The molecule has 2 aromatic carbocycles. The van der Waals surface area contributed by atoms with Gasteiger partial charge in [-0.2, -0.15) is 0 Å². The van der Waals surface area contributed by atoms with Crippen molar-refractivity contribution in [1.82, 2.24) is 9.88 Å². The Morgan fingerprint density at radius 2 is 1.80 bits per heavy atom. The summed E-state index contributed by atoms with van der Waals surface area (Å²) in [6.07, 6.45) is 3.32. The Morgan fingerprint density at radius 3 is 2.56 bits per heavy atom. The van der Waals surface area contributed by atoms with E-state index < -0.39 is 6.04 Å². The molecule has 0 spiro atoms. The van der Waals surface area contributed by atoms with Crippen LogP contribution < -0.4 is 5.73 Å². The van der Waals surface area contributed by atoms with Crippen LogP contribution in [0.15, 0.2) is 60.8 Å². The number of nitrogens with two attached hydrogens (primary N) is 1. The van der Waals surface area contributed by atoms with Crippen LogP contribution in [-0.2, 0) is 17.6 Å². The number of para-hydroxylation sites is 1. The van der Waals surface area contributed by atoms with Crippen molar-refractivity contribution in [2.24, 2.45) is 5.73 Å². The van der Waals surface area contributed by atoms with Gasteiger partial charge < -0.3 is 15.6 Å². The molecule has 0 fully saturated rings. The number of benzene rings is 2. The average molecular weight is 358 g/mol. The zero-order valence-corrected chi connectivity index (χ0v) is 15.1. The predicted octanol–water partition coefficient (Wildman–Crippen LogP) is 3.16. The van der Waals surface area contributed by atoms with E-state index in [0.717, 1.165) is 22.9 Å². The van der Waals surface area contributed by atoms with Crippen LogP contribution in [0.3, 0.4) is 0 Å². The van der Waals surface area contributed by atoms with E-state index in [1.54, 1.807) is 4.90 Å². The van der Waals surface area contributed by atoms with Gasteiger partial charge in [0.2, 0.25) is 5.91 Å². The maximum atomic E-state index is 12.5. The molecule has 3 aromatic rings. The summed E-state index contributed by atoms with van der Waals surface area (Å²) in [6.45, 7) is 0.671. The maximum Gasteiger partial charge on any atom is 0.239 e. The second kappa shape index (κ2) is 8.70. The van der Waals surface area contributed by atoms with Gasteiger partial charge in [-0.15, -0.1) is 12.4 Å². The molecule has 0 aliphatic rings. The number of halogens is 1. The maximum absolute atomic E-state index is 12.5. The first-order chi connectivity index (χ1) is 11.6. The molecule has 0 saturated carbocycles. The van der Waals surface area contributed by atoms with Gasteiger partial charge in [0.25, 0.3) is 0 Å². The fourth-order valence-corrected chi connectivity index (χ4v) is 2.96. The lowest BCUT2D eigenvalue weighted by atomic mass is 10.0. The molecular weight excluding hydrogens is 334 g/mol. The number of nitrogens with one attached hydrogen (secondary N) is 1. The van der Waals surface area contributed by atoms with Gasteiger partial charge in [0.05, 0.1) is 6.04 Å². The molecule has 3 rings (SSSR count). The van der Waals surface area contributed by atoms with Crippen molar-refractivity contribution in [1.29, 1.82) is 0 Å². The van der Waals surface area contributed by atoms with Crippen molar-refractivity contribution in [2.45, 2.75) is 18.9 Å². The second-order valence-electron chi connectivity index (χ2n) is 6.17. The Labute approximate surface area is 154 Å². The highest BCUT2D eigenvalue weighted by Gasteiger charge is 2.19. The first kappa shape index (κ1) is 19.0. The molecule has 0 saturated heterocycles. The Kier molecular flexibility index (Phi) is 6.62. The SMILES string of the molecule is CN(CCc1ccccc1)C(=O)[C@@H](N)Cc1c[nH]c2ccccc12.Cl. The molecule has 5 heteroatoms. The van der Waals surface area contributed by atoms with E-state index >= 15 is 0 Å². The van der Waals surface area contributed by atoms with Crippen LogP contribution in [0.5, 0.6) is 0 Å². The van der Waals surface area contributed by atoms with Crippen LogP contribution >= 0.6 is 12.4 Å². The second-order valence-corrected chi connectivity index (χ2v) is 6.17. The molecule has 0 aliphatic carbocycles. The number of H-pyrrole nitrogens is 1. The van der Waals surface area contributed by atoms with Crippen molar-refractivity contribution < 1.29 is 4.79 Å². The smallest absolute Gasteiger partial charge is 0.239 e. The first-order valence-electron chi connectivity index (χ1n) is 8.24. The highest BCUT2D eigenvalue weighted by Crippen LogP contribution is 2.19. The first-order valence-corrected chi connectivity index (χ1v) is 8.24. The number of likely N-dealkylation sites (N-methyl/N-ethyl adjacent to an activating group) is 1. The number of carbonyl (C=O) groups is 1. The third kappa shape index (κ3) is 4.62. The van der Waals surface area contributed by atoms with Crippen LogP contribution in [0.2, 0.25) is 0 Å². The summed E-state index contributed by atoms with van der Waals surface area (Å²) in [5.74, 6) is -0.0174. The Bertz CT molecular complexity index is 816. The van der Waals surface area contributed by atoms with Crippen LogP contribution in [0.25, 0.3) is 10.9 Å². The van der Waals surface area contributed by atoms with Gasteiger partial charge in [0.15, 0.2) is 0 Å². The fraction of sp³-hybridized carbons (Fsp3) is 0.250. The number of nitrogens with zero attached hydrogens (tertiary/aromatic N) is 1. The van der Waals surface area contributed by atoms with Crippen molar-refractivity contribution in [3.8, 4) is 0 Å². The number of hydrogen-bond acceptors (Lipinski definition) is 2. The fourth-order valence-electron chi connectivity index (χ4n) is 2.96. The Morgan fingerprint density at radius 1 is 1.12 bits per heavy atom. The van der Waals surface area contributed by atoms with Gasteiger partial charge in [-0.25, -0.2) is 0 Å². The van der Waals surface area contributed by atoms with Gasteiger partial charge in [0, 0.05) is 30.7 Å². The molecule has 1 aromatic heterocycles. The quantitative estimate of drug-likeness (QED) is 0.711. The van der Waals surface area contributed by atoms with E-state index in [4.69, 9.17) is 5.73 Å². The van der Waals surface area contributed by atoms with Crippen molar-refractivity contribution in [2.75, 3.05) is 13.6 Å². The largest absolute Gasteiger partial charge is 0.361 e. The number of amides is 1. The lowest BCUT2D eigenvalue weighted by Gasteiger charge is -2.21. The summed E-state index contributed by atoms with van der Waals surface area (Å²) < 4.78 is 0. The lowest BCUT2D eigenvalue weighted by Crippen LogP contribution is -2.43. The van der Waals surface area contributed by atoms with E-state index in [-0.39, 0.29) is 18.3 Å². The van der Waals surface area contributed by atoms with E-state index in [2.05, 4.69) is 23.2 Å². The van der Waals surface area contributed by atoms with Crippen LogP contribution in [0.4, 0.5) is 0 Å². The summed E-state index contributed by atoms with van der Waals surface area (Å²) in [7, 11) is 1.82. The standard InChI is InChI=1S/C20H23N3O.ClH/c1-23(12-11-15-7-3-2-4-8-15)20(24)18(21)13-16-14-22-19-10-6-5-9-17(16)19;/h2-10,14,18,22H,11-13,21H2,1H3;1H/t18-;/m0./s1. The van der Waals surface area contributed by atoms with E-state index in [9.17, 15) is 4.79 Å². The van der Waals surface area contributed by atoms with Crippen LogP contribution in [0.1, 0.15) is 11.1 Å². The molecule has 3 N–H and O–H groups in total. The minimum atomic E-state index is -0.523. The number of fused-ring (bicyclic) bond motifs is 1. The zero-order valence-electron chi connectivity index (χ0n) is 14.3. The summed E-state index contributed by atoms with van der Waals surface area (Å²) in [6, 6.07) is 17.7. The van der Waals surface area contributed by atoms with E-state index in [0.29, 0.717) is 13.0 Å². The normalized spacial score (nSPS) is 11.8. The minimum absolute atomic E-state index is 0. The van der Waals surface area contributed by atoms with E-state index in [1.165, 1.54) is 5.56 Å². The monoisotopic (exact) mass is 357 g/mol. The molecule has 25 heavy (non-hydrogen) atoms. The highest BCUT2D eigenvalue weighted by molar-refractivity contribution is 5.86. The summed E-state index contributed by atoms with van der Waals surface area (Å²) in [5, 5.41) is 1.13. The van der Waals surface area contributed by atoms with Crippen molar-refractivity contribution >= 4 is 29.2 Å². The number of hydrogen-bond donors (Lipinski definition) is 2. The number of aromatic amines is 1. The Balaban J connectivity index is 0.00000225. The van der Waals surface area contributed by atoms with Crippen LogP contribution in [0, 0.1) is 0 Å². The summed E-state index contributed by atoms with van der Waals surface area (Å²) >= 11 is 0. The molecule has 4 nitrogen and oxygen atoms in total. The van der Waals surface area contributed by atoms with E-state index in [1.807, 2.05) is 49.6 Å².